The topological polar surface area (TPSA) is 28.2 Å². The van der Waals surface area contributed by atoms with Crippen molar-refractivity contribution in [1.82, 2.24) is 10.3 Å². The first-order valence-corrected chi connectivity index (χ1v) is 5.12. The maximum Gasteiger partial charge on any atom is 0.128 e. The predicted molar refractivity (Wildman–Crippen MR) is 58.4 cm³/mol. The molecule has 1 aromatic rings. The molecule has 0 atom stereocenters. The van der Waals surface area contributed by atoms with Gasteiger partial charge in [0.1, 0.15) is 5.82 Å². The van der Waals surface area contributed by atoms with Crippen molar-refractivity contribution in [1.29, 1.82) is 0 Å². The molecule has 14 heavy (non-hydrogen) atoms. The summed E-state index contributed by atoms with van der Waals surface area (Å²) in [5, 5.41) is 3.46. The van der Waals surface area contributed by atoms with Gasteiger partial charge in [0.05, 0.1) is 5.69 Å². The van der Waals surface area contributed by atoms with Gasteiger partial charge in [-0.25, -0.2) is 4.98 Å². The molecule has 0 saturated heterocycles. The maximum atomic E-state index is 4.54. The summed E-state index contributed by atoms with van der Waals surface area (Å²) in [6.45, 7) is 0.895. The standard InChI is InChI=1S/C11H17N3/c1-14(2)11-5-3-4-10(13-11)8-12-9-6-7-9/h3-5,9,12H,6-8H2,1-2H3. The zero-order valence-electron chi connectivity index (χ0n) is 8.83. The van der Waals surface area contributed by atoms with Gasteiger partial charge in [0.25, 0.3) is 0 Å². The summed E-state index contributed by atoms with van der Waals surface area (Å²) in [4.78, 5) is 6.56. The van der Waals surface area contributed by atoms with Crippen molar-refractivity contribution in [3.63, 3.8) is 0 Å². The van der Waals surface area contributed by atoms with Crippen molar-refractivity contribution < 1.29 is 0 Å². The Labute approximate surface area is 85.1 Å². The highest BCUT2D eigenvalue weighted by Gasteiger charge is 2.20. The Hall–Kier alpha value is -1.09. The molecule has 0 radical (unpaired) electrons. The van der Waals surface area contributed by atoms with E-state index in [1.165, 1.54) is 12.8 Å². The average Bonchev–Trinajstić information content (AvgIpc) is 2.99. The first-order valence-electron chi connectivity index (χ1n) is 5.12. The molecule has 0 spiro atoms. The summed E-state index contributed by atoms with van der Waals surface area (Å²) in [7, 11) is 4.03. The fourth-order valence-corrected chi connectivity index (χ4v) is 1.35. The lowest BCUT2D eigenvalue weighted by atomic mass is 10.3. The summed E-state index contributed by atoms with van der Waals surface area (Å²) < 4.78 is 0. The number of hydrogen-bond acceptors (Lipinski definition) is 3. The Kier molecular flexibility index (Phi) is 2.68. The Bertz CT molecular complexity index is 305. The highest BCUT2D eigenvalue weighted by Crippen LogP contribution is 2.19. The molecule has 0 unspecified atom stereocenters. The van der Waals surface area contributed by atoms with E-state index in [-0.39, 0.29) is 0 Å². The second-order valence-electron chi connectivity index (χ2n) is 4.04. The number of aromatic nitrogens is 1. The zero-order valence-corrected chi connectivity index (χ0v) is 8.83. The third-order valence-corrected chi connectivity index (χ3v) is 2.40. The van der Waals surface area contributed by atoms with Gasteiger partial charge in [-0.3, -0.25) is 0 Å². The van der Waals surface area contributed by atoms with Gasteiger partial charge in [0.2, 0.25) is 0 Å². The highest BCUT2D eigenvalue weighted by molar-refractivity contribution is 5.36. The number of hydrogen-bond donors (Lipinski definition) is 1. The van der Waals surface area contributed by atoms with Crippen LogP contribution in [0.3, 0.4) is 0 Å². The average molecular weight is 191 g/mol. The van der Waals surface area contributed by atoms with Gasteiger partial charge in [0, 0.05) is 26.7 Å². The second kappa shape index (κ2) is 3.96. The third-order valence-electron chi connectivity index (χ3n) is 2.40. The molecule has 0 aliphatic heterocycles. The van der Waals surface area contributed by atoms with Gasteiger partial charge in [-0.2, -0.15) is 0 Å². The smallest absolute Gasteiger partial charge is 0.128 e. The van der Waals surface area contributed by atoms with Crippen LogP contribution in [-0.2, 0) is 6.54 Å². The Balaban J connectivity index is 1.97. The normalized spacial score (nSPS) is 15.6. The van der Waals surface area contributed by atoms with Gasteiger partial charge >= 0.3 is 0 Å². The van der Waals surface area contributed by atoms with Crippen LogP contribution in [-0.4, -0.2) is 25.1 Å². The minimum atomic E-state index is 0.750. The molecular weight excluding hydrogens is 174 g/mol. The van der Waals surface area contributed by atoms with E-state index >= 15 is 0 Å². The molecule has 0 bridgehead atoms. The molecule has 1 heterocycles. The lowest BCUT2D eigenvalue weighted by Gasteiger charge is -2.12. The van der Waals surface area contributed by atoms with Gasteiger partial charge in [0.15, 0.2) is 0 Å². The molecule has 1 aliphatic carbocycles. The maximum absolute atomic E-state index is 4.54. The molecule has 3 nitrogen and oxygen atoms in total. The summed E-state index contributed by atoms with van der Waals surface area (Å²) in [5.41, 5.74) is 1.13. The summed E-state index contributed by atoms with van der Waals surface area (Å²) in [6, 6.07) is 6.91. The summed E-state index contributed by atoms with van der Waals surface area (Å²) in [5.74, 6) is 1.03. The Morgan fingerprint density at radius 3 is 2.86 bits per heavy atom. The highest BCUT2D eigenvalue weighted by atomic mass is 15.1. The minimum Gasteiger partial charge on any atom is -0.363 e. The lowest BCUT2D eigenvalue weighted by molar-refractivity contribution is 0.674. The molecule has 76 valence electrons. The Morgan fingerprint density at radius 2 is 2.21 bits per heavy atom. The first kappa shape index (κ1) is 9.46. The predicted octanol–water partition coefficient (Wildman–Crippen LogP) is 1.40. The van der Waals surface area contributed by atoms with E-state index < -0.39 is 0 Å². The lowest BCUT2D eigenvalue weighted by Crippen LogP contribution is -2.17. The van der Waals surface area contributed by atoms with Crippen molar-refractivity contribution in [2.75, 3.05) is 19.0 Å². The van der Waals surface area contributed by atoms with E-state index in [4.69, 9.17) is 0 Å². The molecule has 0 amide bonds. The van der Waals surface area contributed by atoms with Crippen LogP contribution in [0, 0.1) is 0 Å². The van der Waals surface area contributed by atoms with Gasteiger partial charge in [-0.15, -0.1) is 0 Å². The number of nitrogens with zero attached hydrogens (tertiary/aromatic N) is 2. The van der Waals surface area contributed by atoms with Crippen LogP contribution in [0.25, 0.3) is 0 Å². The molecule has 1 aliphatic rings. The molecule has 1 aromatic heterocycles. The fraction of sp³-hybridized carbons (Fsp3) is 0.545. The van der Waals surface area contributed by atoms with Crippen molar-refractivity contribution in [3.05, 3.63) is 23.9 Å². The second-order valence-corrected chi connectivity index (χ2v) is 4.04. The monoisotopic (exact) mass is 191 g/mol. The quantitative estimate of drug-likeness (QED) is 0.779. The Morgan fingerprint density at radius 1 is 1.43 bits per heavy atom. The molecule has 3 heteroatoms. The van der Waals surface area contributed by atoms with Crippen LogP contribution in [0.2, 0.25) is 0 Å². The van der Waals surface area contributed by atoms with Gasteiger partial charge in [-0.1, -0.05) is 6.07 Å². The molecule has 1 N–H and O–H groups in total. The van der Waals surface area contributed by atoms with E-state index in [0.717, 1.165) is 24.1 Å². The zero-order chi connectivity index (χ0) is 9.97. The van der Waals surface area contributed by atoms with Crippen LogP contribution in [0.5, 0.6) is 0 Å². The minimum absolute atomic E-state index is 0.750. The van der Waals surface area contributed by atoms with E-state index in [2.05, 4.69) is 22.4 Å². The summed E-state index contributed by atoms with van der Waals surface area (Å²) >= 11 is 0. The van der Waals surface area contributed by atoms with Crippen molar-refractivity contribution in [3.8, 4) is 0 Å². The number of anilines is 1. The molecule has 1 fully saturated rings. The van der Waals surface area contributed by atoms with Crippen LogP contribution in [0.1, 0.15) is 18.5 Å². The first-order chi connectivity index (χ1) is 6.75. The number of pyridine rings is 1. The third kappa shape index (κ3) is 2.45. The van der Waals surface area contributed by atoms with E-state index in [0.29, 0.717) is 0 Å². The van der Waals surface area contributed by atoms with Gasteiger partial charge in [-0.05, 0) is 25.0 Å². The van der Waals surface area contributed by atoms with Crippen LogP contribution in [0.4, 0.5) is 5.82 Å². The van der Waals surface area contributed by atoms with Crippen LogP contribution < -0.4 is 10.2 Å². The van der Waals surface area contributed by atoms with Crippen molar-refractivity contribution in [2.24, 2.45) is 0 Å². The van der Waals surface area contributed by atoms with Gasteiger partial charge < -0.3 is 10.2 Å². The van der Waals surface area contributed by atoms with Crippen molar-refractivity contribution in [2.45, 2.75) is 25.4 Å². The summed E-state index contributed by atoms with van der Waals surface area (Å²) in [6.07, 6.45) is 2.65. The van der Waals surface area contributed by atoms with Crippen LogP contribution in [0.15, 0.2) is 18.2 Å². The molecule has 1 saturated carbocycles. The van der Waals surface area contributed by atoms with E-state index in [1.54, 1.807) is 0 Å². The molecule has 2 rings (SSSR count). The number of rotatable bonds is 4. The SMILES string of the molecule is CN(C)c1cccc(CNC2CC2)n1. The van der Waals surface area contributed by atoms with E-state index in [9.17, 15) is 0 Å². The number of nitrogens with one attached hydrogen (secondary N) is 1. The van der Waals surface area contributed by atoms with E-state index in [1.807, 2.05) is 25.1 Å². The molecular formula is C11H17N3. The molecule has 0 aromatic carbocycles. The fourth-order valence-electron chi connectivity index (χ4n) is 1.35. The van der Waals surface area contributed by atoms with Crippen molar-refractivity contribution >= 4 is 5.82 Å². The largest absolute Gasteiger partial charge is 0.363 e. The van der Waals surface area contributed by atoms with Crippen LogP contribution >= 0.6 is 0 Å².